The van der Waals surface area contributed by atoms with Crippen LogP contribution in [0, 0.1) is 0 Å². The number of H-pyrrole nitrogens is 1. The molecule has 1 heterocycles. The molecule has 5 heteroatoms. The number of hydrogen-bond donors (Lipinski definition) is 1. The van der Waals surface area contributed by atoms with Crippen LogP contribution in [-0.4, -0.2) is 28.7 Å². The maximum absolute atomic E-state index is 11.9. The maximum atomic E-state index is 11.9. The Morgan fingerprint density at radius 3 is 2.82 bits per heavy atom. The number of aromatic nitrogens is 2. The number of thioether (sulfide) groups is 1. The first kappa shape index (κ1) is 11.7. The molecule has 2 aromatic rings. The zero-order valence-electron chi connectivity index (χ0n) is 9.46. The zero-order valence-corrected chi connectivity index (χ0v) is 10.3. The van der Waals surface area contributed by atoms with Gasteiger partial charge in [0.1, 0.15) is 0 Å². The number of amides is 1. The van der Waals surface area contributed by atoms with Gasteiger partial charge in [-0.1, -0.05) is 30.0 Å². The zero-order chi connectivity index (χ0) is 12.1. The molecule has 0 fully saturated rings. The summed E-state index contributed by atoms with van der Waals surface area (Å²) in [5.74, 6) is 0.427. The quantitative estimate of drug-likeness (QED) is 0.842. The number of aromatic amines is 1. The molecule has 1 aromatic heterocycles. The smallest absolute Gasteiger partial charge is 0.237 e. The van der Waals surface area contributed by atoms with E-state index in [0.29, 0.717) is 5.75 Å². The van der Waals surface area contributed by atoms with Gasteiger partial charge in [-0.25, -0.2) is 4.98 Å². The molecule has 1 amide bonds. The predicted molar refractivity (Wildman–Crippen MR) is 69.2 cm³/mol. The summed E-state index contributed by atoms with van der Waals surface area (Å²) in [4.78, 5) is 20.6. The van der Waals surface area contributed by atoms with E-state index in [9.17, 15) is 4.79 Å². The largest absolute Gasteiger partial charge is 0.340 e. The van der Waals surface area contributed by atoms with Gasteiger partial charge in [0.25, 0.3) is 0 Å². The van der Waals surface area contributed by atoms with Crippen LogP contribution in [0.5, 0.6) is 0 Å². The van der Waals surface area contributed by atoms with Crippen LogP contribution in [-0.2, 0) is 4.79 Å². The number of hydrogen-bond acceptors (Lipinski definition) is 3. The van der Waals surface area contributed by atoms with E-state index in [0.717, 1.165) is 10.8 Å². The molecular formula is C12H13N3OS. The van der Waals surface area contributed by atoms with Crippen molar-refractivity contribution in [3.05, 3.63) is 42.7 Å². The van der Waals surface area contributed by atoms with E-state index in [1.807, 2.05) is 30.3 Å². The monoisotopic (exact) mass is 247 g/mol. The van der Waals surface area contributed by atoms with Gasteiger partial charge in [0, 0.05) is 25.1 Å². The van der Waals surface area contributed by atoms with Gasteiger partial charge in [-0.2, -0.15) is 0 Å². The second-order valence-corrected chi connectivity index (χ2v) is 4.44. The summed E-state index contributed by atoms with van der Waals surface area (Å²) >= 11 is 1.40. The van der Waals surface area contributed by atoms with E-state index in [1.165, 1.54) is 11.8 Å². The van der Waals surface area contributed by atoms with Crippen LogP contribution >= 0.6 is 11.8 Å². The van der Waals surface area contributed by atoms with Crippen molar-refractivity contribution in [2.24, 2.45) is 0 Å². The molecule has 0 radical (unpaired) electrons. The molecule has 1 aromatic carbocycles. The van der Waals surface area contributed by atoms with Gasteiger partial charge >= 0.3 is 0 Å². The van der Waals surface area contributed by atoms with E-state index in [4.69, 9.17) is 0 Å². The van der Waals surface area contributed by atoms with Gasteiger partial charge in [-0.15, -0.1) is 0 Å². The molecular weight excluding hydrogens is 234 g/mol. The number of nitrogens with zero attached hydrogens (tertiary/aromatic N) is 2. The van der Waals surface area contributed by atoms with Crippen LogP contribution in [0.15, 0.2) is 47.9 Å². The lowest BCUT2D eigenvalue weighted by Crippen LogP contribution is -2.27. The fraction of sp³-hybridized carbons (Fsp3) is 0.167. The van der Waals surface area contributed by atoms with Crippen molar-refractivity contribution >= 4 is 23.4 Å². The van der Waals surface area contributed by atoms with E-state index in [2.05, 4.69) is 9.97 Å². The molecule has 0 bridgehead atoms. The minimum atomic E-state index is 0.0533. The van der Waals surface area contributed by atoms with E-state index < -0.39 is 0 Å². The van der Waals surface area contributed by atoms with Gasteiger partial charge < -0.3 is 9.88 Å². The average molecular weight is 247 g/mol. The van der Waals surface area contributed by atoms with E-state index >= 15 is 0 Å². The van der Waals surface area contributed by atoms with Crippen molar-refractivity contribution < 1.29 is 4.79 Å². The second kappa shape index (κ2) is 5.54. The van der Waals surface area contributed by atoms with Crippen molar-refractivity contribution in [2.75, 3.05) is 17.7 Å². The Bertz CT molecular complexity index is 470. The van der Waals surface area contributed by atoms with Crippen molar-refractivity contribution in [2.45, 2.75) is 5.16 Å². The molecule has 0 spiro atoms. The first-order valence-corrected chi connectivity index (χ1v) is 6.20. The van der Waals surface area contributed by atoms with Gasteiger partial charge in [0.2, 0.25) is 5.91 Å². The highest BCUT2D eigenvalue weighted by Crippen LogP contribution is 2.16. The fourth-order valence-corrected chi connectivity index (χ4v) is 2.09. The summed E-state index contributed by atoms with van der Waals surface area (Å²) in [7, 11) is 1.78. The molecule has 0 aliphatic carbocycles. The summed E-state index contributed by atoms with van der Waals surface area (Å²) in [5.41, 5.74) is 0.901. The summed E-state index contributed by atoms with van der Waals surface area (Å²) in [5, 5.41) is 0.764. The van der Waals surface area contributed by atoms with Crippen LogP contribution in [0.4, 0.5) is 5.69 Å². The molecule has 0 aliphatic heterocycles. The molecule has 0 saturated carbocycles. The van der Waals surface area contributed by atoms with Crippen molar-refractivity contribution in [3.63, 3.8) is 0 Å². The standard InChI is InChI=1S/C12H13N3OS/c1-15(10-5-3-2-4-6-10)11(16)9-17-12-13-7-8-14-12/h2-8H,9H2,1H3,(H,13,14). The number of benzene rings is 1. The highest BCUT2D eigenvalue weighted by Gasteiger charge is 2.11. The minimum absolute atomic E-state index is 0.0533. The first-order chi connectivity index (χ1) is 8.27. The number of para-hydroxylation sites is 1. The van der Waals surface area contributed by atoms with Crippen molar-refractivity contribution in [1.82, 2.24) is 9.97 Å². The highest BCUT2D eigenvalue weighted by molar-refractivity contribution is 7.99. The minimum Gasteiger partial charge on any atom is -0.340 e. The molecule has 88 valence electrons. The average Bonchev–Trinajstić information content (AvgIpc) is 2.89. The summed E-state index contributed by atoms with van der Waals surface area (Å²) < 4.78 is 0. The number of rotatable bonds is 4. The molecule has 0 unspecified atom stereocenters. The van der Waals surface area contributed by atoms with E-state index in [-0.39, 0.29) is 5.91 Å². The number of nitrogens with one attached hydrogen (secondary N) is 1. The van der Waals surface area contributed by atoms with Gasteiger partial charge in [-0.3, -0.25) is 4.79 Å². The van der Waals surface area contributed by atoms with Crippen molar-refractivity contribution in [1.29, 1.82) is 0 Å². The van der Waals surface area contributed by atoms with Gasteiger partial charge in [-0.05, 0) is 12.1 Å². The van der Waals surface area contributed by atoms with Crippen LogP contribution in [0.3, 0.4) is 0 Å². The van der Waals surface area contributed by atoms with Crippen LogP contribution < -0.4 is 4.90 Å². The number of anilines is 1. The van der Waals surface area contributed by atoms with Gasteiger partial charge in [0.15, 0.2) is 5.16 Å². The first-order valence-electron chi connectivity index (χ1n) is 5.21. The lowest BCUT2D eigenvalue weighted by Gasteiger charge is -2.16. The van der Waals surface area contributed by atoms with Gasteiger partial charge in [0.05, 0.1) is 5.75 Å². The predicted octanol–water partition coefficient (Wildman–Crippen LogP) is 2.16. The molecule has 4 nitrogen and oxygen atoms in total. The Morgan fingerprint density at radius 2 is 2.18 bits per heavy atom. The third kappa shape index (κ3) is 3.10. The molecule has 2 rings (SSSR count). The number of imidazole rings is 1. The molecule has 0 aliphatic rings. The summed E-state index contributed by atoms with van der Waals surface area (Å²) in [6.07, 6.45) is 3.42. The summed E-state index contributed by atoms with van der Waals surface area (Å²) in [6, 6.07) is 9.59. The Labute approximate surface area is 104 Å². The molecule has 0 saturated heterocycles. The highest BCUT2D eigenvalue weighted by atomic mass is 32.2. The molecule has 17 heavy (non-hydrogen) atoms. The van der Waals surface area contributed by atoms with Crippen LogP contribution in [0.2, 0.25) is 0 Å². The number of carbonyl (C=O) groups excluding carboxylic acids is 1. The second-order valence-electron chi connectivity index (χ2n) is 3.47. The lowest BCUT2D eigenvalue weighted by atomic mass is 10.3. The third-order valence-electron chi connectivity index (χ3n) is 2.32. The van der Waals surface area contributed by atoms with Crippen molar-refractivity contribution in [3.8, 4) is 0 Å². The fourth-order valence-electron chi connectivity index (χ4n) is 1.35. The third-order valence-corrected chi connectivity index (χ3v) is 3.21. The molecule has 0 atom stereocenters. The Hall–Kier alpha value is -1.75. The normalized spacial score (nSPS) is 10.2. The topological polar surface area (TPSA) is 49.0 Å². The Kier molecular flexibility index (Phi) is 3.82. The van der Waals surface area contributed by atoms with E-state index in [1.54, 1.807) is 24.3 Å². The molecule has 1 N–H and O–H groups in total. The summed E-state index contributed by atoms with van der Waals surface area (Å²) in [6.45, 7) is 0. The Balaban J connectivity index is 1.92. The number of carbonyl (C=O) groups is 1. The van der Waals surface area contributed by atoms with Crippen LogP contribution in [0.25, 0.3) is 0 Å². The van der Waals surface area contributed by atoms with Crippen LogP contribution in [0.1, 0.15) is 0 Å². The maximum Gasteiger partial charge on any atom is 0.237 e. The Morgan fingerprint density at radius 1 is 1.41 bits per heavy atom. The SMILES string of the molecule is CN(C(=O)CSc1ncc[nH]1)c1ccccc1. The lowest BCUT2D eigenvalue weighted by molar-refractivity contribution is -0.115.